The fourth-order valence-corrected chi connectivity index (χ4v) is 8.09. The van der Waals surface area contributed by atoms with Crippen LogP contribution in [0.5, 0.6) is 0 Å². The fourth-order valence-electron chi connectivity index (χ4n) is 8.09. The van der Waals surface area contributed by atoms with Gasteiger partial charge in [-0.3, -0.25) is 0 Å². The summed E-state index contributed by atoms with van der Waals surface area (Å²) in [5.74, 6) is 0. The third-order valence-corrected chi connectivity index (χ3v) is 10.5. The van der Waals surface area contributed by atoms with Crippen molar-refractivity contribution < 1.29 is 0 Å². The lowest BCUT2D eigenvalue weighted by Crippen LogP contribution is -1.91. The van der Waals surface area contributed by atoms with Crippen molar-refractivity contribution in [2.24, 2.45) is 0 Å². The summed E-state index contributed by atoms with van der Waals surface area (Å²) in [5.41, 5.74) is 10.00. The summed E-state index contributed by atoms with van der Waals surface area (Å²) in [6.45, 7) is 0. The maximum Gasteiger partial charge on any atom is -0.00201 e. The van der Waals surface area contributed by atoms with E-state index >= 15 is 0 Å². The molecule has 0 bridgehead atoms. The summed E-state index contributed by atoms with van der Waals surface area (Å²) in [4.78, 5) is 0. The molecule has 0 spiro atoms. The van der Waals surface area contributed by atoms with E-state index in [4.69, 9.17) is 0 Å². The molecule has 0 saturated carbocycles. The quantitative estimate of drug-likeness (QED) is 0.181. The molecule has 0 N–H and O–H groups in total. The van der Waals surface area contributed by atoms with Gasteiger partial charge < -0.3 is 0 Å². The standard InChI is InChI=1S/C50H32/c1-4-17-40-33(11-1)14-7-20-43(40)38-27-25-37-32-39(28-26-36(37)31-38)44-29-30-49(46-22-9-16-35-13-3-6-19-42(35)46)50-47(44)23-10-24-48(50)45-21-8-15-34-12-2-5-18-41(34)45/h1-32H. The first-order valence-electron chi connectivity index (χ1n) is 17.3. The Morgan fingerprint density at radius 2 is 0.560 bits per heavy atom. The van der Waals surface area contributed by atoms with Gasteiger partial charge in [-0.05, 0) is 111 Å². The van der Waals surface area contributed by atoms with Gasteiger partial charge in [0.25, 0.3) is 0 Å². The zero-order valence-electron chi connectivity index (χ0n) is 27.5. The first-order valence-corrected chi connectivity index (χ1v) is 17.3. The molecule has 0 radical (unpaired) electrons. The van der Waals surface area contributed by atoms with Gasteiger partial charge in [-0.25, -0.2) is 0 Å². The average molecular weight is 633 g/mol. The fraction of sp³-hybridized carbons (Fsp3) is 0. The van der Waals surface area contributed by atoms with Crippen LogP contribution < -0.4 is 0 Å². The second-order valence-electron chi connectivity index (χ2n) is 13.2. The van der Waals surface area contributed by atoms with E-state index in [-0.39, 0.29) is 0 Å². The van der Waals surface area contributed by atoms with E-state index in [1.54, 1.807) is 0 Å². The van der Waals surface area contributed by atoms with Crippen LogP contribution in [-0.4, -0.2) is 0 Å². The Morgan fingerprint density at radius 1 is 0.200 bits per heavy atom. The summed E-state index contributed by atoms with van der Waals surface area (Å²) in [6, 6.07) is 71.4. The van der Waals surface area contributed by atoms with Crippen LogP contribution in [0.1, 0.15) is 0 Å². The van der Waals surface area contributed by atoms with E-state index in [1.807, 2.05) is 0 Å². The normalized spacial score (nSPS) is 11.6. The number of hydrogen-bond donors (Lipinski definition) is 0. The molecule has 10 aromatic rings. The summed E-state index contributed by atoms with van der Waals surface area (Å²) < 4.78 is 0. The van der Waals surface area contributed by atoms with E-state index < -0.39 is 0 Å². The van der Waals surface area contributed by atoms with E-state index in [9.17, 15) is 0 Å². The average Bonchev–Trinajstić information content (AvgIpc) is 3.19. The number of rotatable bonds is 4. The predicted molar refractivity (Wildman–Crippen MR) is 216 cm³/mol. The number of benzene rings is 10. The molecule has 0 amide bonds. The van der Waals surface area contributed by atoms with E-state index in [0.29, 0.717) is 0 Å². The van der Waals surface area contributed by atoms with Gasteiger partial charge >= 0.3 is 0 Å². The highest BCUT2D eigenvalue weighted by molar-refractivity contribution is 6.17. The molecule has 0 nitrogen and oxygen atoms in total. The first-order chi connectivity index (χ1) is 24.8. The number of hydrogen-bond acceptors (Lipinski definition) is 0. The highest BCUT2D eigenvalue weighted by Gasteiger charge is 2.17. The van der Waals surface area contributed by atoms with Gasteiger partial charge in [0.1, 0.15) is 0 Å². The summed E-state index contributed by atoms with van der Waals surface area (Å²) in [7, 11) is 0. The molecule has 0 heterocycles. The maximum atomic E-state index is 2.36. The van der Waals surface area contributed by atoms with E-state index in [0.717, 1.165) is 0 Å². The highest BCUT2D eigenvalue weighted by atomic mass is 14.2. The van der Waals surface area contributed by atoms with Gasteiger partial charge in [-0.15, -0.1) is 0 Å². The van der Waals surface area contributed by atoms with Gasteiger partial charge in [-0.1, -0.05) is 182 Å². The SMILES string of the molecule is c1ccc2c(-c3ccc4cc(-c5ccc(-c6cccc7ccccc67)c6c(-c7cccc8ccccc78)cccc56)ccc4c3)cccc2c1. The van der Waals surface area contributed by atoms with Crippen LogP contribution >= 0.6 is 0 Å². The monoisotopic (exact) mass is 632 g/mol. The van der Waals surface area contributed by atoms with Crippen LogP contribution in [0.2, 0.25) is 0 Å². The molecule has 50 heavy (non-hydrogen) atoms. The summed E-state index contributed by atoms with van der Waals surface area (Å²) in [5, 5.41) is 12.6. The van der Waals surface area contributed by atoms with Crippen molar-refractivity contribution in [1.82, 2.24) is 0 Å². The van der Waals surface area contributed by atoms with Crippen molar-refractivity contribution >= 4 is 53.9 Å². The predicted octanol–water partition coefficient (Wildman–Crippen LogP) is 14.1. The van der Waals surface area contributed by atoms with E-state index in [1.165, 1.54) is 98.4 Å². The minimum atomic E-state index is 1.22. The van der Waals surface area contributed by atoms with Crippen LogP contribution in [0.25, 0.3) is 98.4 Å². The molecule has 232 valence electrons. The largest absolute Gasteiger partial charge is 0.0616 e. The lowest BCUT2D eigenvalue weighted by atomic mass is 9.85. The van der Waals surface area contributed by atoms with Crippen LogP contribution in [0.3, 0.4) is 0 Å². The van der Waals surface area contributed by atoms with Crippen molar-refractivity contribution in [3.05, 3.63) is 194 Å². The molecule has 0 aromatic heterocycles. The lowest BCUT2D eigenvalue weighted by Gasteiger charge is -2.18. The molecular weight excluding hydrogens is 601 g/mol. The zero-order valence-corrected chi connectivity index (χ0v) is 27.5. The smallest absolute Gasteiger partial charge is 0.00201 e. The second-order valence-corrected chi connectivity index (χ2v) is 13.2. The van der Waals surface area contributed by atoms with Crippen LogP contribution in [-0.2, 0) is 0 Å². The van der Waals surface area contributed by atoms with Crippen LogP contribution in [0.4, 0.5) is 0 Å². The molecule has 0 aliphatic heterocycles. The molecule has 0 saturated heterocycles. The topological polar surface area (TPSA) is 0 Å². The van der Waals surface area contributed by atoms with Crippen molar-refractivity contribution in [2.75, 3.05) is 0 Å². The van der Waals surface area contributed by atoms with Crippen molar-refractivity contribution in [1.29, 1.82) is 0 Å². The molecule has 0 aliphatic rings. The van der Waals surface area contributed by atoms with Crippen LogP contribution in [0, 0.1) is 0 Å². The summed E-state index contributed by atoms with van der Waals surface area (Å²) in [6.07, 6.45) is 0. The lowest BCUT2D eigenvalue weighted by molar-refractivity contribution is 1.64. The molecule has 10 rings (SSSR count). The number of fused-ring (bicyclic) bond motifs is 5. The Balaban J connectivity index is 1.20. The molecule has 0 atom stereocenters. The first kappa shape index (κ1) is 28.5. The highest BCUT2D eigenvalue weighted by Crippen LogP contribution is 2.44. The Morgan fingerprint density at radius 3 is 1.12 bits per heavy atom. The Labute approximate surface area is 291 Å². The van der Waals surface area contributed by atoms with Gasteiger partial charge in [0.15, 0.2) is 0 Å². The Kier molecular flexibility index (Phi) is 6.60. The van der Waals surface area contributed by atoms with Crippen LogP contribution in [0.15, 0.2) is 194 Å². The second kappa shape index (κ2) is 11.6. The molecule has 0 aliphatic carbocycles. The minimum Gasteiger partial charge on any atom is -0.0616 e. The maximum absolute atomic E-state index is 2.36. The Hall–Kier alpha value is -6.50. The van der Waals surface area contributed by atoms with Crippen molar-refractivity contribution in [2.45, 2.75) is 0 Å². The zero-order chi connectivity index (χ0) is 33.0. The van der Waals surface area contributed by atoms with Gasteiger partial charge in [0.05, 0.1) is 0 Å². The van der Waals surface area contributed by atoms with Gasteiger partial charge in [0.2, 0.25) is 0 Å². The van der Waals surface area contributed by atoms with Gasteiger partial charge in [-0.2, -0.15) is 0 Å². The van der Waals surface area contributed by atoms with Crippen molar-refractivity contribution in [3.8, 4) is 44.5 Å². The molecule has 0 fully saturated rings. The molecule has 0 unspecified atom stereocenters. The summed E-state index contributed by atoms with van der Waals surface area (Å²) >= 11 is 0. The Bertz CT molecular complexity index is 2830. The van der Waals surface area contributed by atoms with E-state index in [2.05, 4.69) is 194 Å². The van der Waals surface area contributed by atoms with Gasteiger partial charge in [0, 0.05) is 0 Å². The molecule has 0 heteroatoms. The third-order valence-electron chi connectivity index (χ3n) is 10.5. The third kappa shape index (κ3) is 4.61. The molecule has 10 aromatic carbocycles. The minimum absolute atomic E-state index is 1.22. The van der Waals surface area contributed by atoms with Crippen molar-refractivity contribution in [3.63, 3.8) is 0 Å². The molecular formula is C50H32.